The Kier molecular flexibility index (Phi) is 4.17. The van der Waals surface area contributed by atoms with Crippen LogP contribution in [0.4, 0.5) is 4.39 Å². The second-order valence-electron chi connectivity index (χ2n) is 3.68. The van der Waals surface area contributed by atoms with Gasteiger partial charge in [-0.15, -0.1) is 0 Å². The minimum absolute atomic E-state index is 0.293. The van der Waals surface area contributed by atoms with Crippen molar-refractivity contribution in [2.45, 2.75) is 6.04 Å². The molecule has 0 saturated heterocycles. The third kappa shape index (κ3) is 2.86. The lowest BCUT2D eigenvalue weighted by molar-refractivity contribution is 0.593. The first-order chi connectivity index (χ1) is 8.09. The van der Waals surface area contributed by atoms with Crippen molar-refractivity contribution in [1.29, 1.82) is 0 Å². The average molecular weight is 406 g/mol. The van der Waals surface area contributed by atoms with Crippen molar-refractivity contribution in [1.82, 2.24) is 0 Å². The number of benzene rings is 2. The summed E-state index contributed by atoms with van der Waals surface area (Å²) >= 11 is 5.38. The largest absolute Gasteiger partial charge is 0.320 e. The summed E-state index contributed by atoms with van der Waals surface area (Å²) in [7, 11) is 0. The second kappa shape index (κ2) is 5.46. The summed E-state index contributed by atoms with van der Waals surface area (Å²) in [5.41, 5.74) is 7.50. The van der Waals surface area contributed by atoms with Gasteiger partial charge in [-0.1, -0.05) is 24.3 Å². The van der Waals surface area contributed by atoms with Crippen LogP contribution < -0.4 is 5.73 Å². The molecule has 0 saturated carbocycles. The van der Waals surface area contributed by atoms with E-state index in [0.717, 1.165) is 9.13 Å². The Labute approximate surface area is 121 Å². The van der Waals surface area contributed by atoms with Crippen LogP contribution in [0.15, 0.2) is 46.9 Å². The van der Waals surface area contributed by atoms with Crippen LogP contribution >= 0.6 is 38.5 Å². The molecule has 17 heavy (non-hydrogen) atoms. The molecule has 0 aliphatic carbocycles. The zero-order valence-corrected chi connectivity index (χ0v) is 12.6. The first-order valence-corrected chi connectivity index (χ1v) is 6.91. The maximum Gasteiger partial charge on any atom is 0.142 e. The minimum atomic E-state index is -0.442. The number of nitrogens with two attached hydrogens (primary N) is 1. The van der Waals surface area contributed by atoms with Crippen molar-refractivity contribution < 1.29 is 4.39 Å². The molecular formula is C13H10BrFIN. The van der Waals surface area contributed by atoms with E-state index in [-0.39, 0.29) is 5.82 Å². The summed E-state index contributed by atoms with van der Waals surface area (Å²) in [6, 6.07) is 12.5. The first-order valence-electron chi connectivity index (χ1n) is 5.04. The highest BCUT2D eigenvalue weighted by Gasteiger charge is 2.15. The quantitative estimate of drug-likeness (QED) is 0.743. The van der Waals surface area contributed by atoms with Crippen LogP contribution in [0.5, 0.6) is 0 Å². The molecule has 0 amide bonds. The smallest absolute Gasteiger partial charge is 0.142 e. The summed E-state index contributed by atoms with van der Waals surface area (Å²) in [5, 5.41) is 0. The fourth-order valence-electron chi connectivity index (χ4n) is 1.64. The Morgan fingerprint density at radius 1 is 1.18 bits per heavy atom. The summed E-state index contributed by atoms with van der Waals surface area (Å²) in [6.45, 7) is 0. The van der Waals surface area contributed by atoms with Gasteiger partial charge in [0.05, 0.1) is 10.5 Å². The van der Waals surface area contributed by atoms with Gasteiger partial charge in [0.1, 0.15) is 5.82 Å². The Morgan fingerprint density at radius 3 is 2.59 bits per heavy atom. The molecule has 1 nitrogen and oxygen atoms in total. The van der Waals surface area contributed by atoms with Crippen molar-refractivity contribution in [2.24, 2.45) is 5.73 Å². The zero-order chi connectivity index (χ0) is 12.4. The molecule has 1 atom stereocenters. The molecule has 0 fully saturated rings. The van der Waals surface area contributed by atoms with E-state index in [1.165, 1.54) is 0 Å². The fraction of sp³-hybridized carbons (Fsp3) is 0.0769. The van der Waals surface area contributed by atoms with Crippen molar-refractivity contribution in [2.75, 3.05) is 0 Å². The maximum atomic E-state index is 13.9. The molecule has 4 heteroatoms. The normalized spacial score (nSPS) is 12.5. The van der Waals surface area contributed by atoms with E-state index >= 15 is 0 Å². The highest BCUT2D eigenvalue weighted by atomic mass is 127. The summed E-state index contributed by atoms with van der Waals surface area (Å²) in [5.74, 6) is -0.293. The van der Waals surface area contributed by atoms with Crippen LogP contribution in [-0.2, 0) is 0 Å². The molecule has 2 aromatic rings. The summed E-state index contributed by atoms with van der Waals surface area (Å²) < 4.78 is 15.4. The molecule has 0 aliphatic rings. The van der Waals surface area contributed by atoms with E-state index in [9.17, 15) is 4.39 Å². The predicted molar refractivity (Wildman–Crippen MR) is 79.3 cm³/mol. The molecular weight excluding hydrogens is 396 g/mol. The summed E-state index contributed by atoms with van der Waals surface area (Å²) in [6.07, 6.45) is 0. The first kappa shape index (κ1) is 13.0. The molecule has 2 rings (SSSR count). The van der Waals surface area contributed by atoms with Gasteiger partial charge >= 0.3 is 0 Å². The van der Waals surface area contributed by atoms with Crippen LogP contribution in [0.25, 0.3) is 0 Å². The van der Waals surface area contributed by atoms with Crippen LogP contribution in [0.1, 0.15) is 17.2 Å². The van der Waals surface area contributed by atoms with Crippen LogP contribution in [-0.4, -0.2) is 0 Å². The standard InChI is InChI=1S/C13H10BrFIN/c14-11-6-2-5-10(12(11)15)13(17)8-3-1-4-9(16)7-8/h1-7,13H,17H2. The SMILES string of the molecule is NC(c1cccc(I)c1)c1cccc(Br)c1F. The maximum absolute atomic E-state index is 13.9. The third-order valence-corrected chi connectivity index (χ3v) is 3.81. The summed E-state index contributed by atoms with van der Waals surface area (Å²) in [4.78, 5) is 0. The van der Waals surface area contributed by atoms with E-state index in [0.29, 0.717) is 10.0 Å². The van der Waals surface area contributed by atoms with Crippen molar-refractivity contribution in [3.63, 3.8) is 0 Å². The Balaban J connectivity index is 2.44. The Bertz CT molecular complexity index is 545. The van der Waals surface area contributed by atoms with Gasteiger partial charge < -0.3 is 5.73 Å². The topological polar surface area (TPSA) is 26.0 Å². The molecule has 0 aromatic heterocycles. The number of rotatable bonds is 2. The molecule has 0 aliphatic heterocycles. The molecule has 0 spiro atoms. The lowest BCUT2D eigenvalue weighted by Gasteiger charge is -2.14. The molecule has 2 N–H and O–H groups in total. The third-order valence-electron chi connectivity index (χ3n) is 2.52. The van der Waals surface area contributed by atoms with Crippen molar-refractivity contribution in [3.8, 4) is 0 Å². The predicted octanol–water partition coefficient (Wildman–Crippen LogP) is 4.24. The van der Waals surface area contributed by atoms with Gasteiger partial charge in [0.25, 0.3) is 0 Å². The van der Waals surface area contributed by atoms with Gasteiger partial charge in [-0.25, -0.2) is 4.39 Å². The van der Waals surface area contributed by atoms with E-state index in [4.69, 9.17) is 5.73 Å². The van der Waals surface area contributed by atoms with E-state index in [2.05, 4.69) is 38.5 Å². The lowest BCUT2D eigenvalue weighted by atomic mass is 9.99. The molecule has 0 radical (unpaired) electrons. The monoisotopic (exact) mass is 405 g/mol. The van der Waals surface area contributed by atoms with Gasteiger partial charge in [0.15, 0.2) is 0 Å². The molecule has 1 unspecified atom stereocenters. The zero-order valence-electron chi connectivity index (χ0n) is 8.83. The highest BCUT2D eigenvalue weighted by Crippen LogP contribution is 2.27. The average Bonchev–Trinajstić information content (AvgIpc) is 2.32. The van der Waals surface area contributed by atoms with Crippen molar-refractivity contribution in [3.05, 3.63) is 67.5 Å². The minimum Gasteiger partial charge on any atom is -0.320 e. The lowest BCUT2D eigenvalue weighted by Crippen LogP contribution is -2.13. The molecule has 2 aromatic carbocycles. The Hall–Kier alpha value is -0.460. The number of hydrogen-bond donors (Lipinski definition) is 1. The second-order valence-corrected chi connectivity index (χ2v) is 5.78. The molecule has 0 bridgehead atoms. The van der Waals surface area contributed by atoms with E-state index in [1.54, 1.807) is 18.2 Å². The number of hydrogen-bond acceptors (Lipinski definition) is 1. The van der Waals surface area contributed by atoms with Crippen LogP contribution in [0.3, 0.4) is 0 Å². The van der Waals surface area contributed by atoms with Crippen molar-refractivity contribution >= 4 is 38.5 Å². The Morgan fingerprint density at radius 2 is 1.88 bits per heavy atom. The van der Waals surface area contributed by atoms with Gasteiger partial charge in [-0.05, 0) is 62.3 Å². The molecule has 0 heterocycles. The van der Waals surface area contributed by atoms with E-state index in [1.807, 2.05) is 24.3 Å². The van der Waals surface area contributed by atoms with Crippen LogP contribution in [0.2, 0.25) is 0 Å². The van der Waals surface area contributed by atoms with E-state index < -0.39 is 6.04 Å². The fourth-order valence-corrected chi connectivity index (χ4v) is 2.59. The van der Waals surface area contributed by atoms with Gasteiger partial charge in [0, 0.05) is 9.13 Å². The van der Waals surface area contributed by atoms with Gasteiger partial charge in [-0.2, -0.15) is 0 Å². The van der Waals surface area contributed by atoms with Gasteiger partial charge in [-0.3, -0.25) is 0 Å². The highest BCUT2D eigenvalue weighted by molar-refractivity contribution is 14.1. The molecule has 88 valence electrons. The van der Waals surface area contributed by atoms with Crippen LogP contribution in [0, 0.1) is 9.39 Å². The van der Waals surface area contributed by atoms with Gasteiger partial charge in [0.2, 0.25) is 0 Å². The number of halogens is 3.